The Morgan fingerprint density at radius 2 is 1.64 bits per heavy atom. The van der Waals surface area contributed by atoms with E-state index in [4.69, 9.17) is 0 Å². The number of aliphatic hydroxyl groups excluding tert-OH is 1. The summed E-state index contributed by atoms with van der Waals surface area (Å²) in [6.45, 7) is 13.0. The first-order chi connectivity index (χ1) is 25.1. The molecule has 1 aliphatic heterocycles. The number of Topliss-reactive ketones (excluding diaryl/α,β-unsaturated/α-hetero) is 3. The third-order valence-electron chi connectivity index (χ3n) is 14.9. The van der Waals surface area contributed by atoms with Crippen LogP contribution in [0.4, 0.5) is 0 Å². The molecule has 2 N–H and O–H groups in total. The molecule has 1 aromatic heterocycles. The second kappa shape index (κ2) is 15.3. The zero-order chi connectivity index (χ0) is 38.3. The fraction of sp³-hybridized carbons (Fsp3) is 0.791. The summed E-state index contributed by atoms with van der Waals surface area (Å²) in [5.41, 5.74) is -0.578. The van der Waals surface area contributed by atoms with E-state index in [2.05, 4.69) is 29.1 Å². The molecule has 5 aliphatic rings. The molecule has 2 heterocycles. The highest BCUT2D eigenvalue weighted by molar-refractivity contribution is 5.98. The number of amides is 2. The van der Waals surface area contributed by atoms with Crippen LogP contribution in [-0.4, -0.2) is 73.9 Å². The van der Waals surface area contributed by atoms with Crippen LogP contribution in [0.25, 0.3) is 0 Å². The minimum atomic E-state index is -1.18. The first-order valence-corrected chi connectivity index (χ1v) is 20.7. The van der Waals surface area contributed by atoms with Crippen LogP contribution in [0.5, 0.6) is 0 Å². The van der Waals surface area contributed by atoms with Crippen molar-refractivity contribution < 1.29 is 29.1 Å². The van der Waals surface area contributed by atoms with Gasteiger partial charge in [0.05, 0.1) is 18.3 Å². The van der Waals surface area contributed by atoms with E-state index >= 15 is 4.79 Å². The van der Waals surface area contributed by atoms with Gasteiger partial charge in [-0.25, -0.2) is 4.98 Å². The average Bonchev–Trinajstić information content (AvgIpc) is 3.94. The predicted octanol–water partition coefficient (Wildman–Crippen LogP) is 6.68. The van der Waals surface area contributed by atoms with Gasteiger partial charge in [-0.2, -0.15) is 0 Å². The van der Waals surface area contributed by atoms with Crippen molar-refractivity contribution >= 4 is 29.2 Å². The number of likely N-dealkylation sites (tertiary alicyclic amines) is 1. The molecule has 2 spiro atoms. The smallest absolute Gasteiger partial charge is 0.272 e. The summed E-state index contributed by atoms with van der Waals surface area (Å²) in [5.74, 6) is -1.93. The van der Waals surface area contributed by atoms with Crippen molar-refractivity contribution in [2.45, 2.75) is 162 Å². The maximum Gasteiger partial charge on any atom is 0.272 e. The van der Waals surface area contributed by atoms with Crippen molar-refractivity contribution in [1.29, 1.82) is 0 Å². The highest BCUT2D eigenvalue weighted by Gasteiger charge is 2.85. The molecule has 0 bridgehead atoms. The van der Waals surface area contributed by atoms with Gasteiger partial charge in [0, 0.05) is 49.5 Å². The Bertz CT molecular complexity index is 1540. The number of hydrogen-bond acceptors (Lipinski definition) is 8. The molecule has 10 heteroatoms. The normalized spacial score (nSPS) is 27.1. The van der Waals surface area contributed by atoms with Crippen LogP contribution in [0, 0.1) is 45.3 Å². The number of carbonyl (C=O) groups is 5. The number of ketones is 3. The molecule has 4 saturated carbocycles. The highest BCUT2D eigenvalue weighted by atomic mass is 16.3. The van der Waals surface area contributed by atoms with Crippen molar-refractivity contribution in [1.82, 2.24) is 20.2 Å². The largest absolute Gasteiger partial charge is 0.385 e. The van der Waals surface area contributed by atoms with Crippen LogP contribution < -0.4 is 5.32 Å². The number of fused-ring (bicyclic) bond motifs is 1. The molecular formula is C43H64N4O6. The van der Waals surface area contributed by atoms with Crippen LogP contribution in [0.15, 0.2) is 18.6 Å². The molecule has 2 amide bonds. The lowest BCUT2D eigenvalue weighted by atomic mass is 9.73. The van der Waals surface area contributed by atoms with Crippen LogP contribution in [-0.2, 0) is 19.2 Å². The van der Waals surface area contributed by atoms with Gasteiger partial charge in [0.2, 0.25) is 5.91 Å². The number of hydrogen-bond donors (Lipinski definition) is 2. The summed E-state index contributed by atoms with van der Waals surface area (Å²) in [6, 6.07) is -1.42. The van der Waals surface area contributed by atoms with E-state index in [0.717, 1.165) is 70.6 Å². The Morgan fingerprint density at radius 1 is 0.943 bits per heavy atom. The van der Waals surface area contributed by atoms with Gasteiger partial charge < -0.3 is 15.3 Å². The number of carbonyl (C=O) groups excluding carboxylic acids is 5. The molecule has 1 saturated heterocycles. The van der Waals surface area contributed by atoms with Crippen molar-refractivity contribution in [3.8, 4) is 0 Å². The Hall–Kier alpha value is -3.01. The lowest BCUT2D eigenvalue weighted by Gasteiger charge is -2.37. The maximum atomic E-state index is 15.1. The Kier molecular flexibility index (Phi) is 11.4. The SMILES string of the molecule is CCCC(CC(=O)[C@@H]1C[C@@]2(CN1C(=O)[C@@H](CC(=O)[C@@H](NC(=O)c1cnccn1)C1CCCCC1)C(C)(C)C)C(C)(C)C21CCC1)C(O)C(=O)CC1CC1. The highest BCUT2D eigenvalue weighted by Crippen LogP contribution is 2.88. The average molecular weight is 733 g/mol. The van der Waals surface area contributed by atoms with Crippen molar-refractivity contribution in [2.75, 3.05) is 6.54 Å². The second-order valence-electron chi connectivity index (χ2n) is 19.1. The Balaban J connectivity index is 1.26. The summed E-state index contributed by atoms with van der Waals surface area (Å²) in [6.07, 6.45) is 15.5. The lowest BCUT2D eigenvalue weighted by molar-refractivity contribution is -0.147. The van der Waals surface area contributed by atoms with Gasteiger partial charge in [-0.3, -0.25) is 29.0 Å². The lowest BCUT2D eigenvalue weighted by Crippen LogP contribution is -2.51. The van der Waals surface area contributed by atoms with Crippen LogP contribution in [0.2, 0.25) is 0 Å². The van der Waals surface area contributed by atoms with Gasteiger partial charge in [-0.15, -0.1) is 0 Å². The Labute approximate surface area is 316 Å². The molecule has 5 fully saturated rings. The van der Waals surface area contributed by atoms with Crippen molar-refractivity contribution in [3.05, 3.63) is 24.3 Å². The number of aromatic nitrogens is 2. The molecule has 0 aromatic carbocycles. The summed E-state index contributed by atoms with van der Waals surface area (Å²) in [4.78, 5) is 80.6. The fourth-order valence-electron chi connectivity index (χ4n) is 11.1. The molecule has 53 heavy (non-hydrogen) atoms. The molecule has 6 rings (SSSR count). The summed E-state index contributed by atoms with van der Waals surface area (Å²) in [7, 11) is 0. The number of nitrogens with one attached hydrogen (secondary N) is 1. The summed E-state index contributed by atoms with van der Waals surface area (Å²) < 4.78 is 0. The third-order valence-corrected chi connectivity index (χ3v) is 14.9. The summed E-state index contributed by atoms with van der Waals surface area (Å²) >= 11 is 0. The van der Waals surface area contributed by atoms with E-state index in [1.54, 1.807) is 0 Å². The van der Waals surface area contributed by atoms with Gasteiger partial charge in [0.1, 0.15) is 11.8 Å². The van der Waals surface area contributed by atoms with Crippen molar-refractivity contribution in [2.24, 2.45) is 45.3 Å². The quantitative estimate of drug-likeness (QED) is 0.191. The fourth-order valence-corrected chi connectivity index (χ4v) is 11.1. The van der Waals surface area contributed by atoms with E-state index in [9.17, 15) is 24.3 Å². The predicted molar refractivity (Wildman–Crippen MR) is 201 cm³/mol. The minimum Gasteiger partial charge on any atom is -0.385 e. The first-order valence-electron chi connectivity index (χ1n) is 20.7. The molecule has 0 radical (unpaired) electrons. The van der Waals surface area contributed by atoms with Gasteiger partial charge >= 0.3 is 0 Å². The molecule has 6 atom stereocenters. The van der Waals surface area contributed by atoms with Gasteiger partial charge in [-0.05, 0) is 85.4 Å². The third kappa shape index (κ3) is 7.51. The summed E-state index contributed by atoms with van der Waals surface area (Å²) in [5, 5.41) is 14.2. The van der Waals surface area contributed by atoms with Crippen LogP contribution in [0.1, 0.15) is 155 Å². The first kappa shape index (κ1) is 39.7. The van der Waals surface area contributed by atoms with E-state index in [0.29, 0.717) is 31.7 Å². The number of rotatable bonds is 16. The zero-order valence-electron chi connectivity index (χ0n) is 33.1. The molecule has 10 nitrogen and oxygen atoms in total. The molecule has 4 aliphatic carbocycles. The molecule has 1 aromatic rings. The van der Waals surface area contributed by atoms with Gasteiger partial charge in [0.15, 0.2) is 17.3 Å². The second-order valence-corrected chi connectivity index (χ2v) is 19.1. The van der Waals surface area contributed by atoms with E-state index in [-0.39, 0.29) is 64.0 Å². The van der Waals surface area contributed by atoms with Crippen LogP contribution in [0.3, 0.4) is 0 Å². The monoisotopic (exact) mass is 732 g/mol. The minimum absolute atomic E-state index is 0.0297. The van der Waals surface area contributed by atoms with Crippen molar-refractivity contribution in [3.63, 3.8) is 0 Å². The zero-order valence-corrected chi connectivity index (χ0v) is 33.1. The number of aliphatic hydroxyl groups is 1. The maximum absolute atomic E-state index is 15.1. The topological polar surface area (TPSA) is 147 Å². The molecule has 292 valence electrons. The standard InChI is InChI=1S/C43H64N4O6/c1-7-12-29(37(51)35(50)21-27-15-16-27)22-33(48)32-24-43(41(5,6)42(43)17-11-18-42)26-47(32)39(53)30(40(2,3)4)23-34(49)36(28-13-9-8-10-14-28)46-38(52)31-25-44-19-20-45-31/h19-20,25,27-30,32,36-37,51H,7-18,21-24,26H2,1-6H3,(H,46,52)/t29?,30-,32+,36+,37?,43-/m1/s1. The van der Waals surface area contributed by atoms with E-state index in [1.165, 1.54) is 18.6 Å². The number of nitrogens with zero attached hydrogens (tertiary/aromatic N) is 3. The molecular weight excluding hydrogens is 668 g/mol. The van der Waals surface area contributed by atoms with Gasteiger partial charge in [-0.1, -0.05) is 73.6 Å². The van der Waals surface area contributed by atoms with Gasteiger partial charge in [0.25, 0.3) is 5.91 Å². The van der Waals surface area contributed by atoms with Crippen LogP contribution >= 0.6 is 0 Å². The van der Waals surface area contributed by atoms with E-state index in [1.807, 2.05) is 32.6 Å². The molecule has 2 unspecified atom stereocenters. The Morgan fingerprint density at radius 3 is 2.19 bits per heavy atom. The van der Waals surface area contributed by atoms with E-state index < -0.39 is 41.3 Å².